The molecule has 0 saturated carbocycles. The first-order valence-corrected chi connectivity index (χ1v) is 7.89. The molecule has 0 spiro atoms. The van der Waals surface area contributed by atoms with Crippen LogP contribution in [0, 0.1) is 0 Å². The van der Waals surface area contributed by atoms with Crippen molar-refractivity contribution in [3.63, 3.8) is 0 Å². The monoisotopic (exact) mass is 310 g/mol. The number of benzene rings is 1. The summed E-state index contributed by atoms with van der Waals surface area (Å²) in [4.78, 5) is 0.0118. The highest BCUT2D eigenvalue weighted by Gasteiger charge is 2.25. The Labute approximate surface area is 116 Å². The molecule has 0 aromatic heterocycles. The number of alkyl halides is 3. The summed E-state index contributed by atoms with van der Waals surface area (Å²) in [5.74, 6) is 0. The molecular formula is C12H17F3N2O2S. The fourth-order valence-electron chi connectivity index (χ4n) is 1.70. The molecule has 0 aliphatic rings. The number of rotatable bonds is 6. The summed E-state index contributed by atoms with van der Waals surface area (Å²) in [7, 11) is -3.42. The van der Waals surface area contributed by atoms with Crippen LogP contribution < -0.4 is 11.1 Å². The topological polar surface area (TPSA) is 72.2 Å². The number of unbranched alkanes of at least 4 members (excludes halogenated alkanes) is 1. The fraction of sp³-hybridized carbons (Fsp3) is 0.500. The molecule has 1 rings (SSSR count). The summed E-state index contributed by atoms with van der Waals surface area (Å²) in [5, 5.41) is 2.85. The van der Waals surface area contributed by atoms with Crippen LogP contribution in [0.2, 0.25) is 0 Å². The normalized spacial score (nSPS) is 12.4. The lowest BCUT2D eigenvalue weighted by atomic mass is 10.2. The van der Waals surface area contributed by atoms with Crippen LogP contribution in [0.25, 0.3) is 0 Å². The first-order valence-electron chi connectivity index (χ1n) is 6.00. The fourth-order valence-corrected chi connectivity index (χ4v) is 2.53. The maximum atomic E-state index is 11.9. The van der Waals surface area contributed by atoms with Gasteiger partial charge in [-0.25, -0.2) is 8.42 Å². The smallest absolute Gasteiger partial charge is 0.389 e. The molecule has 1 aromatic rings. The Morgan fingerprint density at radius 2 is 1.90 bits per heavy atom. The van der Waals surface area contributed by atoms with Crippen LogP contribution >= 0.6 is 0 Å². The van der Waals surface area contributed by atoms with Crippen LogP contribution in [0.3, 0.4) is 0 Å². The Morgan fingerprint density at radius 3 is 2.45 bits per heavy atom. The van der Waals surface area contributed by atoms with E-state index in [1.807, 2.05) is 0 Å². The predicted molar refractivity (Wildman–Crippen MR) is 72.4 cm³/mol. The highest BCUT2D eigenvalue weighted by atomic mass is 32.2. The number of nitrogens with one attached hydrogen (secondary N) is 1. The van der Waals surface area contributed by atoms with E-state index in [-0.39, 0.29) is 17.0 Å². The van der Waals surface area contributed by atoms with Crippen LogP contribution in [0.4, 0.5) is 24.5 Å². The van der Waals surface area contributed by atoms with E-state index in [9.17, 15) is 21.6 Å². The predicted octanol–water partition coefficient (Wildman–Crippen LogP) is 2.82. The Balaban J connectivity index is 2.58. The Hall–Kier alpha value is -1.44. The molecule has 0 fully saturated rings. The lowest BCUT2D eigenvalue weighted by Crippen LogP contribution is -2.10. The summed E-state index contributed by atoms with van der Waals surface area (Å²) in [6.07, 6.45) is -3.58. The molecule has 0 radical (unpaired) electrons. The lowest BCUT2D eigenvalue weighted by Gasteiger charge is -2.12. The lowest BCUT2D eigenvalue weighted by molar-refractivity contribution is -0.135. The van der Waals surface area contributed by atoms with Gasteiger partial charge in [0, 0.05) is 19.2 Å². The van der Waals surface area contributed by atoms with E-state index >= 15 is 0 Å². The number of halogens is 3. The first-order chi connectivity index (χ1) is 9.11. The molecule has 0 unspecified atom stereocenters. The van der Waals surface area contributed by atoms with Crippen molar-refractivity contribution in [1.82, 2.24) is 0 Å². The molecule has 0 bridgehead atoms. The molecule has 0 amide bonds. The molecule has 0 saturated heterocycles. The van der Waals surface area contributed by atoms with Gasteiger partial charge < -0.3 is 11.1 Å². The summed E-state index contributed by atoms with van der Waals surface area (Å²) in [5.41, 5.74) is 6.24. The third-order valence-electron chi connectivity index (χ3n) is 2.67. The number of sulfone groups is 1. The van der Waals surface area contributed by atoms with E-state index in [1.165, 1.54) is 12.1 Å². The molecule has 20 heavy (non-hydrogen) atoms. The first kappa shape index (κ1) is 16.6. The number of hydrogen-bond donors (Lipinski definition) is 2. The second-order valence-corrected chi connectivity index (χ2v) is 6.47. The minimum absolute atomic E-state index is 0.0118. The van der Waals surface area contributed by atoms with Gasteiger partial charge in [-0.1, -0.05) is 6.07 Å². The molecule has 0 atom stereocenters. The largest absolute Gasteiger partial charge is 0.396 e. The minimum atomic E-state index is -4.14. The number of nitrogens with two attached hydrogens (primary N) is 1. The van der Waals surface area contributed by atoms with Gasteiger partial charge in [0.2, 0.25) is 0 Å². The van der Waals surface area contributed by atoms with E-state index in [0.29, 0.717) is 18.7 Å². The summed E-state index contributed by atoms with van der Waals surface area (Å²) < 4.78 is 58.8. The summed E-state index contributed by atoms with van der Waals surface area (Å²) in [6, 6.07) is 4.51. The van der Waals surface area contributed by atoms with Crippen molar-refractivity contribution in [2.24, 2.45) is 0 Å². The van der Waals surface area contributed by atoms with Crippen LogP contribution in [-0.4, -0.2) is 27.4 Å². The van der Waals surface area contributed by atoms with Crippen LogP contribution in [0.5, 0.6) is 0 Å². The van der Waals surface area contributed by atoms with E-state index in [2.05, 4.69) is 5.32 Å². The van der Waals surface area contributed by atoms with E-state index in [4.69, 9.17) is 5.73 Å². The van der Waals surface area contributed by atoms with Crippen LogP contribution in [0.1, 0.15) is 19.3 Å². The number of nitrogen functional groups attached to an aromatic ring is 1. The van der Waals surface area contributed by atoms with Crippen molar-refractivity contribution in [2.45, 2.75) is 30.3 Å². The van der Waals surface area contributed by atoms with Gasteiger partial charge in [-0.05, 0) is 25.0 Å². The maximum absolute atomic E-state index is 11.9. The average Bonchev–Trinajstić information content (AvgIpc) is 2.27. The van der Waals surface area contributed by atoms with Gasteiger partial charge >= 0.3 is 6.18 Å². The molecule has 4 nitrogen and oxygen atoms in total. The SMILES string of the molecule is CS(=O)(=O)c1cccc(NCCCCC(F)(F)F)c1N. The molecule has 1 aromatic carbocycles. The third-order valence-corrected chi connectivity index (χ3v) is 3.82. The summed E-state index contributed by atoms with van der Waals surface area (Å²) in [6.45, 7) is 0.299. The minimum Gasteiger partial charge on any atom is -0.396 e. The number of hydrogen-bond acceptors (Lipinski definition) is 4. The van der Waals surface area contributed by atoms with Crippen molar-refractivity contribution >= 4 is 21.2 Å². The van der Waals surface area contributed by atoms with Crippen molar-refractivity contribution in [3.05, 3.63) is 18.2 Å². The van der Waals surface area contributed by atoms with E-state index in [1.54, 1.807) is 6.07 Å². The van der Waals surface area contributed by atoms with Gasteiger partial charge in [0.25, 0.3) is 0 Å². The van der Waals surface area contributed by atoms with Gasteiger partial charge in [-0.15, -0.1) is 0 Å². The Bertz CT molecular complexity index is 556. The zero-order valence-corrected chi connectivity index (χ0v) is 11.8. The quantitative estimate of drug-likeness (QED) is 0.626. The Kier molecular flexibility index (Phi) is 5.27. The molecule has 0 heterocycles. The van der Waals surface area contributed by atoms with Gasteiger partial charge in [0.15, 0.2) is 9.84 Å². The van der Waals surface area contributed by atoms with Gasteiger partial charge in [-0.2, -0.15) is 13.2 Å². The van der Waals surface area contributed by atoms with E-state index < -0.39 is 22.4 Å². The molecule has 0 aliphatic heterocycles. The van der Waals surface area contributed by atoms with Crippen molar-refractivity contribution < 1.29 is 21.6 Å². The maximum Gasteiger partial charge on any atom is 0.389 e. The van der Waals surface area contributed by atoms with Gasteiger partial charge in [0.05, 0.1) is 16.3 Å². The average molecular weight is 310 g/mol. The standard InChI is InChI=1S/C12H17F3N2O2S/c1-20(18,19)10-6-4-5-9(11(10)16)17-8-3-2-7-12(13,14)15/h4-6,17H,2-3,7-8,16H2,1H3. The molecule has 114 valence electrons. The van der Waals surface area contributed by atoms with E-state index in [0.717, 1.165) is 6.26 Å². The molecule has 8 heteroatoms. The van der Waals surface area contributed by atoms with Crippen molar-refractivity contribution in [1.29, 1.82) is 0 Å². The zero-order valence-electron chi connectivity index (χ0n) is 11.0. The molecule has 3 N–H and O–H groups in total. The molecular weight excluding hydrogens is 293 g/mol. The molecule has 0 aliphatic carbocycles. The third kappa shape index (κ3) is 5.28. The Morgan fingerprint density at radius 1 is 1.25 bits per heavy atom. The van der Waals surface area contributed by atoms with Gasteiger partial charge in [-0.3, -0.25) is 0 Å². The van der Waals surface area contributed by atoms with Gasteiger partial charge in [0.1, 0.15) is 0 Å². The van der Waals surface area contributed by atoms with Crippen LogP contribution in [0.15, 0.2) is 23.1 Å². The highest BCUT2D eigenvalue weighted by Crippen LogP contribution is 2.27. The second kappa shape index (κ2) is 6.34. The zero-order chi connectivity index (χ0) is 15.4. The highest BCUT2D eigenvalue weighted by molar-refractivity contribution is 7.90. The van der Waals surface area contributed by atoms with Crippen molar-refractivity contribution in [2.75, 3.05) is 23.9 Å². The summed E-state index contributed by atoms with van der Waals surface area (Å²) >= 11 is 0. The second-order valence-electron chi connectivity index (χ2n) is 4.49. The van der Waals surface area contributed by atoms with Crippen molar-refractivity contribution in [3.8, 4) is 0 Å². The van der Waals surface area contributed by atoms with Crippen LogP contribution in [-0.2, 0) is 9.84 Å². The number of para-hydroxylation sites is 1. The number of anilines is 2.